The molecule has 1 radical (unpaired) electrons. The lowest BCUT2D eigenvalue weighted by Crippen LogP contribution is -2.27. The van der Waals surface area contributed by atoms with E-state index in [0.717, 1.165) is 5.46 Å². The zero-order valence-electron chi connectivity index (χ0n) is 7.88. The number of carbonyl (C=O) groups is 1. The fourth-order valence-corrected chi connectivity index (χ4v) is 1.66. The van der Waals surface area contributed by atoms with Gasteiger partial charge in [0.05, 0.1) is 0 Å². The van der Waals surface area contributed by atoms with Crippen LogP contribution in [-0.2, 0) is 0 Å². The third kappa shape index (κ3) is 2.92. The summed E-state index contributed by atoms with van der Waals surface area (Å²) in [6.45, 7) is 0. The molecule has 1 amide bonds. The average molecular weight is 215 g/mol. The Morgan fingerprint density at radius 1 is 1.33 bits per heavy atom. The van der Waals surface area contributed by atoms with Crippen molar-refractivity contribution in [3.63, 3.8) is 0 Å². The van der Waals surface area contributed by atoms with Crippen molar-refractivity contribution in [3.05, 3.63) is 41.9 Å². The average Bonchev–Trinajstić information content (AvgIpc) is 2.71. The van der Waals surface area contributed by atoms with Crippen LogP contribution >= 0.6 is 11.3 Å². The van der Waals surface area contributed by atoms with E-state index in [0.29, 0.717) is 5.13 Å². The minimum atomic E-state index is -0.156. The maximum absolute atomic E-state index is 11.5. The molecule has 2 rings (SSSR count). The fraction of sp³-hybridized carbons (Fsp3) is 0. The van der Waals surface area contributed by atoms with Crippen molar-refractivity contribution in [2.45, 2.75) is 0 Å². The molecule has 0 bridgehead atoms. The highest BCUT2D eigenvalue weighted by Crippen LogP contribution is 2.09. The normalized spacial score (nSPS) is 9.60. The molecule has 0 fully saturated rings. The van der Waals surface area contributed by atoms with Crippen molar-refractivity contribution < 1.29 is 4.79 Å². The molecule has 0 aliphatic heterocycles. The molecule has 0 saturated heterocycles. The summed E-state index contributed by atoms with van der Waals surface area (Å²) in [7, 11) is 1.54. The SMILES string of the molecule is O=C([B]c1ccccc1)Nc1nccs1. The van der Waals surface area contributed by atoms with E-state index >= 15 is 0 Å². The Bertz CT molecular complexity index is 430. The first-order valence-corrected chi connectivity index (χ1v) is 5.33. The number of thiazole rings is 1. The van der Waals surface area contributed by atoms with E-state index in [2.05, 4.69) is 10.3 Å². The molecule has 0 unspecified atom stereocenters. The van der Waals surface area contributed by atoms with Crippen LogP contribution in [0.2, 0.25) is 0 Å². The Balaban J connectivity index is 1.94. The maximum atomic E-state index is 11.5. The third-order valence-electron chi connectivity index (χ3n) is 1.76. The Morgan fingerprint density at radius 3 is 2.80 bits per heavy atom. The molecule has 15 heavy (non-hydrogen) atoms. The van der Waals surface area contributed by atoms with Crippen molar-refractivity contribution in [1.82, 2.24) is 4.98 Å². The van der Waals surface area contributed by atoms with Gasteiger partial charge in [0.25, 0.3) is 7.28 Å². The minimum Gasteiger partial charge on any atom is -0.311 e. The Labute approximate surface area is 92.4 Å². The second kappa shape index (κ2) is 4.75. The number of amides is 1. The van der Waals surface area contributed by atoms with E-state index < -0.39 is 0 Å². The molecule has 0 spiro atoms. The van der Waals surface area contributed by atoms with Gasteiger partial charge >= 0.3 is 0 Å². The fourth-order valence-electron chi connectivity index (χ4n) is 1.13. The molecule has 3 nitrogen and oxygen atoms in total. The van der Waals surface area contributed by atoms with Crippen LogP contribution in [-0.4, -0.2) is 18.1 Å². The van der Waals surface area contributed by atoms with Gasteiger partial charge in [0.2, 0.25) is 0 Å². The molecule has 0 aliphatic rings. The summed E-state index contributed by atoms with van der Waals surface area (Å²) in [6.07, 6.45) is 1.66. The minimum absolute atomic E-state index is 0.156. The van der Waals surface area contributed by atoms with Gasteiger partial charge in [0.15, 0.2) is 10.9 Å². The van der Waals surface area contributed by atoms with Gasteiger partial charge in [-0.15, -0.1) is 11.3 Å². The van der Waals surface area contributed by atoms with Gasteiger partial charge in [-0.1, -0.05) is 35.8 Å². The summed E-state index contributed by atoms with van der Waals surface area (Å²) in [6, 6.07) is 9.45. The van der Waals surface area contributed by atoms with Crippen LogP contribution in [0.25, 0.3) is 0 Å². The van der Waals surface area contributed by atoms with Crippen LogP contribution in [0.1, 0.15) is 0 Å². The van der Waals surface area contributed by atoms with Gasteiger partial charge in [-0.3, -0.25) is 4.79 Å². The number of carbonyl (C=O) groups excluding carboxylic acids is 1. The molecule has 2 aromatic rings. The number of hydrogen-bond acceptors (Lipinski definition) is 3. The number of nitrogens with one attached hydrogen (secondary N) is 1. The van der Waals surface area contributed by atoms with Crippen molar-refractivity contribution in [2.24, 2.45) is 0 Å². The first kappa shape index (κ1) is 9.92. The van der Waals surface area contributed by atoms with Crippen LogP contribution in [0.5, 0.6) is 0 Å². The van der Waals surface area contributed by atoms with Crippen molar-refractivity contribution in [1.29, 1.82) is 0 Å². The van der Waals surface area contributed by atoms with Crippen LogP contribution in [0.4, 0.5) is 9.93 Å². The van der Waals surface area contributed by atoms with E-state index in [1.54, 1.807) is 13.5 Å². The van der Waals surface area contributed by atoms with E-state index in [4.69, 9.17) is 0 Å². The van der Waals surface area contributed by atoms with Crippen LogP contribution in [0.15, 0.2) is 41.9 Å². The molecule has 1 N–H and O–H groups in total. The highest BCUT2D eigenvalue weighted by atomic mass is 32.1. The highest BCUT2D eigenvalue weighted by molar-refractivity contribution is 7.14. The number of hydrogen-bond donors (Lipinski definition) is 1. The second-order valence-electron chi connectivity index (χ2n) is 2.88. The molecule has 5 heteroatoms. The lowest BCUT2D eigenvalue weighted by atomic mass is 9.69. The number of aromatic nitrogens is 1. The lowest BCUT2D eigenvalue weighted by molar-refractivity contribution is 0.268. The number of benzene rings is 1. The monoisotopic (exact) mass is 215 g/mol. The molecule has 1 aromatic heterocycles. The third-order valence-corrected chi connectivity index (χ3v) is 2.45. The highest BCUT2D eigenvalue weighted by Gasteiger charge is 2.06. The van der Waals surface area contributed by atoms with Crippen molar-refractivity contribution in [3.8, 4) is 0 Å². The Morgan fingerprint density at radius 2 is 2.13 bits per heavy atom. The lowest BCUT2D eigenvalue weighted by Gasteiger charge is -1.99. The maximum Gasteiger partial charge on any atom is 0.271 e. The predicted octanol–water partition coefficient (Wildman–Crippen LogP) is 1.70. The largest absolute Gasteiger partial charge is 0.311 e. The second-order valence-corrected chi connectivity index (χ2v) is 3.78. The summed E-state index contributed by atoms with van der Waals surface area (Å²) in [5.41, 5.74) is 0.881. The van der Waals surface area contributed by atoms with Crippen LogP contribution < -0.4 is 10.8 Å². The summed E-state index contributed by atoms with van der Waals surface area (Å²) in [5, 5.41) is 5.12. The van der Waals surface area contributed by atoms with Crippen LogP contribution in [0, 0.1) is 0 Å². The van der Waals surface area contributed by atoms with E-state index in [-0.39, 0.29) is 5.81 Å². The van der Waals surface area contributed by atoms with Gasteiger partial charge in [0.1, 0.15) is 0 Å². The number of anilines is 1. The van der Waals surface area contributed by atoms with E-state index in [1.165, 1.54) is 11.3 Å². The van der Waals surface area contributed by atoms with Crippen molar-refractivity contribution >= 4 is 35.0 Å². The van der Waals surface area contributed by atoms with E-state index in [9.17, 15) is 4.79 Å². The number of nitrogens with zero attached hydrogens (tertiary/aromatic N) is 1. The summed E-state index contributed by atoms with van der Waals surface area (Å²) in [4.78, 5) is 15.4. The molecule has 0 aliphatic carbocycles. The molecule has 1 heterocycles. The number of rotatable bonds is 3. The first-order chi connectivity index (χ1) is 7.34. The molecule has 0 atom stereocenters. The summed E-state index contributed by atoms with van der Waals surface area (Å²) < 4.78 is 0. The first-order valence-electron chi connectivity index (χ1n) is 4.45. The molecular formula is C10H8BN2OS. The van der Waals surface area contributed by atoms with Crippen LogP contribution in [0.3, 0.4) is 0 Å². The topological polar surface area (TPSA) is 42.0 Å². The van der Waals surface area contributed by atoms with Gasteiger partial charge in [-0.25, -0.2) is 4.98 Å². The molecule has 0 saturated carbocycles. The Hall–Kier alpha value is -1.62. The molecule has 1 aromatic carbocycles. The molecular weight excluding hydrogens is 207 g/mol. The predicted molar refractivity (Wildman–Crippen MR) is 63.0 cm³/mol. The van der Waals surface area contributed by atoms with E-state index in [1.807, 2.05) is 35.7 Å². The zero-order valence-corrected chi connectivity index (χ0v) is 8.70. The van der Waals surface area contributed by atoms with Crippen molar-refractivity contribution in [2.75, 3.05) is 5.32 Å². The Kier molecular flexibility index (Phi) is 3.14. The quantitative estimate of drug-likeness (QED) is 0.791. The van der Waals surface area contributed by atoms with Gasteiger partial charge in [-0.2, -0.15) is 0 Å². The van der Waals surface area contributed by atoms with Gasteiger partial charge < -0.3 is 5.32 Å². The zero-order chi connectivity index (χ0) is 10.5. The summed E-state index contributed by atoms with van der Waals surface area (Å²) in [5.74, 6) is -0.156. The smallest absolute Gasteiger partial charge is 0.271 e. The molecule has 73 valence electrons. The standard InChI is InChI=1S/C10H8BN2OS/c14-9(13-10-12-6-7-15-10)11-8-4-2-1-3-5-8/h1-7H,(H,12,13,14). The van der Waals surface area contributed by atoms with Gasteiger partial charge in [0, 0.05) is 11.6 Å². The van der Waals surface area contributed by atoms with Gasteiger partial charge in [-0.05, 0) is 0 Å². The summed E-state index contributed by atoms with van der Waals surface area (Å²) >= 11 is 1.40.